The maximum absolute atomic E-state index is 11.8. The lowest BCUT2D eigenvalue weighted by Crippen LogP contribution is -2.29. The first kappa shape index (κ1) is 14.1. The van der Waals surface area contributed by atoms with Gasteiger partial charge < -0.3 is 9.88 Å². The van der Waals surface area contributed by atoms with Crippen molar-refractivity contribution in [1.29, 1.82) is 0 Å². The van der Waals surface area contributed by atoms with Crippen molar-refractivity contribution in [2.75, 3.05) is 12.9 Å². The molecule has 0 fully saturated rings. The molecule has 0 saturated heterocycles. The molecule has 1 unspecified atom stereocenters. The number of likely N-dealkylation sites (N-methyl/N-ethyl adjacent to an activating group) is 1. The second-order valence-corrected chi connectivity index (χ2v) is 4.94. The number of halogens is 2. The van der Waals surface area contributed by atoms with Gasteiger partial charge in [0, 0.05) is 25.5 Å². The topological polar surface area (TPSA) is 59.8 Å². The fraction of sp³-hybridized carbons (Fsp3) is 0.417. The lowest BCUT2D eigenvalue weighted by molar-refractivity contribution is -0.123. The Morgan fingerprint density at radius 3 is 2.95 bits per heavy atom. The molecule has 2 aromatic rings. The van der Waals surface area contributed by atoms with Crippen molar-refractivity contribution in [3.63, 3.8) is 0 Å². The molecule has 5 nitrogen and oxygen atoms in total. The first-order chi connectivity index (χ1) is 9.08. The molecule has 1 atom stereocenters. The number of carbonyl (C=O) groups is 1. The van der Waals surface area contributed by atoms with Crippen molar-refractivity contribution in [3.8, 4) is 0 Å². The van der Waals surface area contributed by atoms with Crippen molar-refractivity contribution >= 4 is 40.3 Å². The molecule has 0 aromatic carbocycles. The SMILES string of the molecule is CNC(=O)C(C)n1c(CCCl)nc2cc(Cl)cnc21. The standard InChI is InChI=1S/C12H14Cl2N4O/c1-7(12(19)15-2)18-10(3-4-13)17-9-5-8(14)6-16-11(9)18/h5-7H,3-4H2,1-2H3,(H,15,19). The monoisotopic (exact) mass is 300 g/mol. The maximum atomic E-state index is 11.8. The van der Waals surface area contributed by atoms with Crippen molar-refractivity contribution in [2.45, 2.75) is 19.4 Å². The van der Waals surface area contributed by atoms with Crippen molar-refractivity contribution in [2.24, 2.45) is 0 Å². The number of aryl methyl sites for hydroxylation is 1. The lowest BCUT2D eigenvalue weighted by atomic mass is 10.3. The smallest absolute Gasteiger partial charge is 0.242 e. The molecule has 0 spiro atoms. The third-order valence-electron chi connectivity index (χ3n) is 2.90. The number of nitrogens with zero attached hydrogens (tertiary/aromatic N) is 3. The number of fused-ring (bicyclic) bond motifs is 1. The second-order valence-electron chi connectivity index (χ2n) is 4.12. The molecular weight excluding hydrogens is 287 g/mol. The summed E-state index contributed by atoms with van der Waals surface area (Å²) in [6, 6.07) is 1.33. The number of carbonyl (C=O) groups excluding carboxylic acids is 1. The van der Waals surface area contributed by atoms with Crippen LogP contribution in [0.25, 0.3) is 11.2 Å². The summed E-state index contributed by atoms with van der Waals surface area (Å²) in [5.74, 6) is 1.06. The van der Waals surface area contributed by atoms with E-state index in [4.69, 9.17) is 23.2 Å². The first-order valence-electron chi connectivity index (χ1n) is 5.88. The van der Waals surface area contributed by atoms with E-state index in [1.165, 1.54) is 0 Å². The van der Waals surface area contributed by atoms with E-state index in [9.17, 15) is 4.79 Å². The molecule has 0 aliphatic rings. The Hall–Kier alpha value is -1.33. The third kappa shape index (κ3) is 2.67. The zero-order chi connectivity index (χ0) is 14.0. The highest BCUT2D eigenvalue weighted by Crippen LogP contribution is 2.22. The summed E-state index contributed by atoms with van der Waals surface area (Å²) in [6.07, 6.45) is 2.11. The van der Waals surface area contributed by atoms with Crippen LogP contribution < -0.4 is 5.32 Å². The van der Waals surface area contributed by atoms with E-state index in [1.54, 1.807) is 30.8 Å². The summed E-state index contributed by atoms with van der Waals surface area (Å²) in [5, 5.41) is 3.14. The minimum atomic E-state index is -0.401. The predicted octanol–water partition coefficient (Wildman–Crippen LogP) is 2.17. The Kier molecular flexibility index (Phi) is 4.27. The molecule has 2 heterocycles. The summed E-state index contributed by atoms with van der Waals surface area (Å²) in [5.41, 5.74) is 1.31. The molecule has 1 amide bonds. The Balaban J connectivity index is 2.61. The van der Waals surface area contributed by atoms with Crippen LogP contribution >= 0.6 is 23.2 Å². The molecule has 1 N–H and O–H groups in total. The fourth-order valence-corrected chi connectivity index (χ4v) is 2.32. The van der Waals surface area contributed by atoms with Crippen LogP contribution in [0.2, 0.25) is 5.02 Å². The van der Waals surface area contributed by atoms with Gasteiger partial charge in [0.2, 0.25) is 5.91 Å². The third-order valence-corrected chi connectivity index (χ3v) is 3.30. The van der Waals surface area contributed by atoms with Gasteiger partial charge >= 0.3 is 0 Å². The second kappa shape index (κ2) is 5.75. The molecule has 19 heavy (non-hydrogen) atoms. The Morgan fingerprint density at radius 2 is 2.32 bits per heavy atom. The van der Waals surface area contributed by atoms with E-state index >= 15 is 0 Å². The minimum absolute atomic E-state index is 0.105. The van der Waals surface area contributed by atoms with Gasteiger partial charge in [-0.15, -0.1) is 11.6 Å². The summed E-state index contributed by atoms with van der Waals surface area (Å²) in [7, 11) is 1.60. The zero-order valence-corrected chi connectivity index (χ0v) is 12.2. The van der Waals surface area contributed by atoms with E-state index in [0.717, 1.165) is 5.82 Å². The molecule has 7 heteroatoms. The molecular formula is C12H14Cl2N4O. The van der Waals surface area contributed by atoms with Gasteiger partial charge in [-0.1, -0.05) is 11.6 Å². The molecule has 2 aromatic heterocycles. The first-order valence-corrected chi connectivity index (χ1v) is 6.79. The van der Waals surface area contributed by atoms with Crippen LogP contribution in [0.5, 0.6) is 0 Å². The molecule has 102 valence electrons. The number of alkyl halides is 1. The lowest BCUT2D eigenvalue weighted by Gasteiger charge is -2.15. The van der Waals surface area contributed by atoms with Crippen LogP contribution in [0.1, 0.15) is 18.8 Å². The average molecular weight is 301 g/mol. The maximum Gasteiger partial charge on any atom is 0.242 e. The van der Waals surface area contributed by atoms with Gasteiger partial charge in [-0.3, -0.25) is 4.79 Å². The number of rotatable bonds is 4. The summed E-state index contributed by atoms with van der Waals surface area (Å²) in [6.45, 7) is 1.80. The van der Waals surface area contributed by atoms with Crippen LogP contribution in [-0.2, 0) is 11.2 Å². The van der Waals surface area contributed by atoms with E-state index in [1.807, 2.05) is 0 Å². The van der Waals surface area contributed by atoms with Crippen LogP contribution in [0.3, 0.4) is 0 Å². The number of hydrogen-bond donors (Lipinski definition) is 1. The normalized spacial score (nSPS) is 12.6. The highest BCUT2D eigenvalue weighted by molar-refractivity contribution is 6.31. The quantitative estimate of drug-likeness (QED) is 0.881. The molecule has 2 rings (SSSR count). The predicted molar refractivity (Wildman–Crippen MR) is 75.7 cm³/mol. The number of amides is 1. The van der Waals surface area contributed by atoms with E-state index < -0.39 is 6.04 Å². The molecule has 0 aliphatic carbocycles. The van der Waals surface area contributed by atoms with E-state index in [-0.39, 0.29) is 5.91 Å². The molecule has 0 radical (unpaired) electrons. The molecule has 0 bridgehead atoms. The number of aromatic nitrogens is 3. The van der Waals surface area contributed by atoms with Crippen molar-refractivity contribution < 1.29 is 4.79 Å². The van der Waals surface area contributed by atoms with Crippen LogP contribution in [0.4, 0.5) is 0 Å². The van der Waals surface area contributed by atoms with Crippen molar-refractivity contribution in [1.82, 2.24) is 19.9 Å². The number of nitrogens with one attached hydrogen (secondary N) is 1. The number of hydrogen-bond acceptors (Lipinski definition) is 3. The van der Waals surface area contributed by atoms with Gasteiger partial charge in [0.05, 0.1) is 5.02 Å². The Morgan fingerprint density at radius 1 is 1.58 bits per heavy atom. The van der Waals surface area contributed by atoms with Gasteiger partial charge in [0.15, 0.2) is 5.65 Å². The van der Waals surface area contributed by atoms with Crippen LogP contribution in [0.15, 0.2) is 12.3 Å². The van der Waals surface area contributed by atoms with Gasteiger partial charge in [0.1, 0.15) is 17.4 Å². The fourth-order valence-electron chi connectivity index (χ4n) is 2.00. The summed E-state index contributed by atoms with van der Waals surface area (Å²) in [4.78, 5) is 20.6. The summed E-state index contributed by atoms with van der Waals surface area (Å²) < 4.78 is 1.80. The molecule has 0 saturated carbocycles. The van der Waals surface area contributed by atoms with Crippen LogP contribution in [-0.4, -0.2) is 33.4 Å². The number of pyridine rings is 1. The summed E-state index contributed by atoms with van der Waals surface area (Å²) >= 11 is 11.7. The Bertz CT molecular complexity index is 611. The minimum Gasteiger partial charge on any atom is -0.357 e. The largest absolute Gasteiger partial charge is 0.357 e. The van der Waals surface area contributed by atoms with Crippen molar-refractivity contribution in [3.05, 3.63) is 23.1 Å². The average Bonchev–Trinajstić information content (AvgIpc) is 2.74. The van der Waals surface area contributed by atoms with Gasteiger partial charge in [-0.25, -0.2) is 9.97 Å². The van der Waals surface area contributed by atoms with E-state index in [0.29, 0.717) is 28.5 Å². The van der Waals surface area contributed by atoms with Gasteiger partial charge in [-0.2, -0.15) is 0 Å². The Labute approximate surface area is 120 Å². The highest BCUT2D eigenvalue weighted by atomic mass is 35.5. The molecule has 0 aliphatic heterocycles. The number of imidazole rings is 1. The van der Waals surface area contributed by atoms with Crippen LogP contribution in [0, 0.1) is 0 Å². The highest BCUT2D eigenvalue weighted by Gasteiger charge is 2.21. The zero-order valence-electron chi connectivity index (χ0n) is 10.7. The van der Waals surface area contributed by atoms with Gasteiger partial charge in [0.25, 0.3) is 0 Å². The van der Waals surface area contributed by atoms with Gasteiger partial charge in [-0.05, 0) is 13.0 Å². The van der Waals surface area contributed by atoms with E-state index in [2.05, 4.69) is 15.3 Å².